The number of amides is 1. The van der Waals surface area contributed by atoms with Crippen LogP contribution in [0.4, 0.5) is 0 Å². The van der Waals surface area contributed by atoms with Gasteiger partial charge in [0.15, 0.2) is 0 Å². The molecule has 2 aromatic rings. The quantitative estimate of drug-likeness (QED) is 0.243. The van der Waals surface area contributed by atoms with E-state index in [-0.39, 0.29) is 24.5 Å². The summed E-state index contributed by atoms with van der Waals surface area (Å²) in [5, 5.41) is 11.1. The zero-order valence-corrected chi connectivity index (χ0v) is 18.5. The van der Waals surface area contributed by atoms with Crippen molar-refractivity contribution >= 4 is 17.4 Å². The molecule has 1 unspecified atom stereocenters. The van der Waals surface area contributed by atoms with E-state index in [1.807, 2.05) is 0 Å². The molecule has 0 spiro atoms. The van der Waals surface area contributed by atoms with Gasteiger partial charge in [0.05, 0.1) is 18.2 Å². The fourth-order valence-corrected chi connectivity index (χ4v) is 3.57. The second-order valence-electron chi connectivity index (χ2n) is 7.28. The number of benzene rings is 2. The lowest BCUT2D eigenvalue weighted by molar-refractivity contribution is -0.140. The Kier molecular flexibility index (Phi) is 8.05. The lowest BCUT2D eigenvalue weighted by Crippen LogP contribution is -2.32. The zero-order valence-electron chi connectivity index (χ0n) is 18.5. The van der Waals surface area contributed by atoms with E-state index >= 15 is 0 Å². The molecule has 172 valence electrons. The SMILES string of the molecule is C=CCOc1ccc(/C(O)=C2/C(=O)C(=O)N(CCOC)C2c2ccc(OCC=C)cc2)cc1. The second kappa shape index (κ2) is 11.2. The average molecular weight is 450 g/mol. The van der Waals surface area contributed by atoms with Gasteiger partial charge in [0.25, 0.3) is 11.7 Å². The maximum Gasteiger partial charge on any atom is 0.295 e. The molecular formula is C26H27NO6. The van der Waals surface area contributed by atoms with Crippen LogP contribution in [0.5, 0.6) is 11.5 Å². The molecular weight excluding hydrogens is 422 g/mol. The summed E-state index contributed by atoms with van der Waals surface area (Å²) in [7, 11) is 1.52. The molecule has 1 aliphatic rings. The van der Waals surface area contributed by atoms with Crippen molar-refractivity contribution in [3.63, 3.8) is 0 Å². The number of rotatable bonds is 11. The van der Waals surface area contributed by atoms with Crippen molar-refractivity contribution in [1.29, 1.82) is 0 Å². The molecule has 1 atom stereocenters. The zero-order chi connectivity index (χ0) is 23.8. The van der Waals surface area contributed by atoms with E-state index < -0.39 is 17.7 Å². The third kappa shape index (κ3) is 5.32. The lowest BCUT2D eigenvalue weighted by atomic mass is 9.95. The van der Waals surface area contributed by atoms with Crippen molar-refractivity contribution in [1.82, 2.24) is 4.90 Å². The molecule has 1 saturated heterocycles. The average Bonchev–Trinajstić information content (AvgIpc) is 3.10. The normalized spacial score (nSPS) is 17.1. The van der Waals surface area contributed by atoms with Gasteiger partial charge in [-0.05, 0) is 42.0 Å². The molecule has 1 heterocycles. The summed E-state index contributed by atoms with van der Waals surface area (Å²) in [6, 6.07) is 12.9. The van der Waals surface area contributed by atoms with E-state index in [9.17, 15) is 14.7 Å². The van der Waals surface area contributed by atoms with Crippen LogP contribution in [-0.4, -0.2) is 55.2 Å². The highest BCUT2D eigenvalue weighted by Gasteiger charge is 2.45. The van der Waals surface area contributed by atoms with Crippen molar-refractivity contribution in [3.05, 3.63) is 90.5 Å². The van der Waals surface area contributed by atoms with Gasteiger partial charge >= 0.3 is 0 Å². The molecule has 7 nitrogen and oxygen atoms in total. The summed E-state index contributed by atoms with van der Waals surface area (Å²) >= 11 is 0. The molecule has 2 aromatic carbocycles. The van der Waals surface area contributed by atoms with Crippen molar-refractivity contribution < 1.29 is 28.9 Å². The molecule has 33 heavy (non-hydrogen) atoms. The van der Waals surface area contributed by atoms with Crippen LogP contribution in [0.3, 0.4) is 0 Å². The maximum absolute atomic E-state index is 13.0. The Morgan fingerprint density at radius 1 is 0.970 bits per heavy atom. The van der Waals surface area contributed by atoms with Gasteiger partial charge in [-0.2, -0.15) is 0 Å². The van der Waals surface area contributed by atoms with Crippen LogP contribution in [0.1, 0.15) is 17.2 Å². The van der Waals surface area contributed by atoms with Crippen LogP contribution in [0, 0.1) is 0 Å². The molecule has 0 radical (unpaired) electrons. The largest absolute Gasteiger partial charge is 0.507 e. The highest BCUT2D eigenvalue weighted by atomic mass is 16.5. The number of methoxy groups -OCH3 is 1. The number of Topliss-reactive ketones (excluding diaryl/α,β-unsaturated/α-hetero) is 1. The molecule has 0 aromatic heterocycles. The van der Waals surface area contributed by atoms with E-state index in [0.29, 0.717) is 35.8 Å². The standard InChI is InChI=1S/C26H27NO6/c1-4-15-32-20-10-6-18(7-11-20)23-22(25(29)26(30)27(23)14-17-31-3)24(28)19-8-12-21(13-9-19)33-16-5-2/h4-13,23,28H,1-2,14-17H2,3H3/b24-22-. The van der Waals surface area contributed by atoms with Gasteiger partial charge in [-0.25, -0.2) is 0 Å². The van der Waals surface area contributed by atoms with E-state index in [1.54, 1.807) is 60.7 Å². The molecule has 0 saturated carbocycles. The first-order valence-electron chi connectivity index (χ1n) is 10.5. The number of likely N-dealkylation sites (tertiary alicyclic amines) is 1. The summed E-state index contributed by atoms with van der Waals surface area (Å²) < 4.78 is 16.1. The number of ether oxygens (including phenoxy) is 3. The number of hydrogen-bond donors (Lipinski definition) is 1. The Morgan fingerprint density at radius 2 is 1.52 bits per heavy atom. The number of carbonyl (C=O) groups excluding carboxylic acids is 2. The van der Waals surface area contributed by atoms with E-state index in [1.165, 1.54) is 12.0 Å². The Bertz CT molecular complexity index is 1040. The second-order valence-corrected chi connectivity index (χ2v) is 7.28. The van der Waals surface area contributed by atoms with Crippen LogP contribution >= 0.6 is 0 Å². The first-order valence-corrected chi connectivity index (χ1v) is 10.5. The summed E-state index contributed by atoms with van der Waals surface area (Å²) in [5.74, 6) is -0.453. The number of hydrogen-bond acceptors (Lipinski definition) is 6. The summed E-state index contributed by atoms with van der Waals surface area (Å²) in [6.45, 7) is 8.39. The van der Waals surface area contributed by atoms with Crippen molar-refractivity contribution in [2.45, 2.75) is 6.04 Å². The Hall–Kier alpha value is -3.84. The minimum Gasteiger partial charge on any atom is -0.507 e. The molecule has 0 aliphatic carbocycles. The topological polar surface area (TPSA) is 85.3 Å². The number of nitrogens with zero attached hydrogens (tertiary/aromatic N) is 1. The van der Waals surface area contributed by atoms with Crippen LogP contribution in [0.25, 0.3) is 5.76 Å². The Morgan fingerprint density at radius 3 is 2.03 bits per heavy atom. The van der Waals surface area contributed by atoms with Gasteiger partial charge in [0.1, 0.15) is 30.5 Å². The third-order valence-corrected chi connectivity index (χ3v) is 5.14. The molecule has 0 bridgehead atoms. The number of ketones is 1. The molecule has 3 rings (SSSR count). The number of aliphatic hydroxyl groups excluding tert-OH is 1. The fourth-order valence-electron chi connectivity index (χ4n) is 3.57. The van der Waals surface area contributed by atoms with Gasteiger partial charge < -0.3 is 24.2 Å². The van der Waals surface area contributed by atoms with Gasteiger partial charge in [0.2, 0.25) is 0 Å². The molecule has 7 heteroatoms. The van der Waals surface area contributed by atoms with E-state index in [4.69, 9.17) is 14.2 Å². The fraction of sp³-hybridized carbons (Fsp3) is 0.231. The molecule has 1 amide bonds. The molecule has 1 aliphatic heterocycles. The minimum atomic E-state index is -0.759. The first kappa shape index (κ1) is 23.8. The van der Waals surface area contributed by atoms with Gasteiger partial charge in [-0.15, -0.1) is 0 Å². The molecule has 1 N–H and O–H groups in total. The van der Waals surface area contributed by atoms with Crippen LogP contribution in [0.15, 0.2) is 79.4 Å². The van der Waals surface area contributed by atoms with Crippen molar-refractivity contribution in [2.24, 2.45) is 0 Å². The highest BCUT2D eigenvalue weighted by Crippen LogP contribution is 2.39. The van der Waals surface area contributed by atoms with Crippen LogP contribution < -0.4 is 9.47 Å². The Balaban J connectivity index is 2.02. The minimum absolute atomic E-state index is 0.0237. The van der Waals surface area contributed by atoms with Crippen molar-refractivity contribution in [3.8, 4) is 11.5 Å². The number of carbonyl (C=O) groups is 2. The number of aliphatic hydroxyl groups is 1. The molecule has 1 fully saturated rings. The van der Waals surface area contributed by atoms with Gasteiger partial charge in [0, 0.05) is 19.2 Å². The summed E-state index contributed by atoms with van der Waals surface area (Å²) in [5.41, 5.74) is 1.10. The van der Waals surface area contributed by atoms with E-state index in [2.05, 4.69) is 13.2 Å². The lowest BCUT2D eigenvalue weighted by Gasteiger charge is -2.25. The highest BCUT2D eigenvalue weighted by molar-refractivity contribution is 6.46. The monoisotopic (exact) mass is 449 g/mol. The predicted octanol–water partition coefficient (Wildman–Crippen LogP) is 3.88. The maximum atomic E-state index is 13.0. The van der Waals surface area contributed by atoms with Crippen LogP contribution in [0.2, 0.25) is 0 Å². The predicted molar refractivity (Wildman–Crippen MR) is 125 cm³/mol. The Labute approximate surface area is 193 Å². The van der Waals surface area contributed by atoms with Crippen molar-refractivity contribution in [2.75, 3.05) is 33.5 Å². The van der Waals surface area contributed by atoms with E-state index in [0.717, 1.165) is 0 Å². The first-order chi connectivity index (χ1) is 16.0. The van der Waals surface area contributed by atoms with Crippen LogP contribution in [-0.2, 0) is 14.3 Å². The summed E-state index contributed by atoms with van der Waals surface area (Å²) in [4.78, 5) is 27.2. The van der Waals surface area contributed by atoms with Gasteiger partial charge in [-0.1, -0.05) is 37.4 Å². The van der Waals surface area contributed by atoms with Gasteiger partial charge in [-0.3, -0.25) is 9.59 Å². The smallest absolute Gasteiger partial charge is 0.295 e. The third-order valence-electron chi connectivity index (χ3n) is 5.14. The summed E-state index contributed by atoms with van der Waals surface area (Å²) in [6.07, 6.45) is 3.27.